The summed E-state index contributed by atoms with van der Waals surface area (Å²) in [6, 6.07) is 0.403. The highest BCUT2D eigenvalue weighted by atomic mass is 19.1. The summed E-state index contributed by atoms with van der Waals surface area (Å²) < 4.78 is 12.0. The quantitative estimate of drug-likeness (QED) is 0.662. The molecule has 0 saturated carbocycles. The van der Waals surface area contributed by atoms with E-state index in [1.807, 2.05) is 4.90 Å². The predicted octanol–water partition coefficient (Wildman–Crippen LogP) is 0.801. The number of rotatable bonds is 3. The van der Waals surface area contributed by atoms with Crippen molar-refractivity contribution in [1.29, 1.82) is 0 Å². The third kappa shape index (κ3) is 2.14. The summed E-state index contributed by atoms with van der Waals surface area (Å²) >= 11 is 0. The van der Waals surface area contributed by atoms with E-state index in [0.717, 1.165) is 12.8 Å². The lowest BCUT2D eigenvalue weighted by molar-refractivity contribution is 0.170. The first-order valence-electron chi connectivity index (χ1n) is 4.26. The van der Waals surface area contributed by atoms with Gasteiger partial charge in [0.25, 0.3) is 0 Å². The van der Waals surface area contributed by atoms with Crippen LogP contribution < -0.4 is 0 Å². The fraction of sp³-hybridized carbons (Fsp3) is 1.00. The van der Waals surface area contributed by atoms with Crippen LogP contribution in [0.3, 0.4) is 0 Å². The van der Waals surface area contributed by atoms with Crippen LogP contribution >= 0.6 is 0 Å². The van der Waals surface area contributed by atoms with Crippen LogP contribution in [0.2, 0.25) is 0 Å². The van der Waals surface area contributed by atoms with Crippen LogP contribution in [0.15, 0.2) is 0 Å². The summed E-state index contributed by atoms with van der Waals surface area (Å²) in [5, 5.41) is 9.26. The van der Waals surface area contributed by atoms with E-state index in [4.69, 9.17) is 0 Å². The van der Waals surface area contributed by atoms with Crippen molar-refractivity contribution in [3.63, 3.8) is 0 Å². The van der Waals surface area contributed by atoms with Gasteiger partial charge in [0.2, 0.25) is 0 Å². The van der Waals surface area contributed by atoms with Crippen molar-refractivity contribution in [3.05, 3.63) is 0 Å². The lowest BCUT2D eigenvalue weighted by atomic mass is 10.1. The van der Waals surface area contributed by atoms with Crippen molar-refractivity contribution in [2.45, 2.75) is 31.9 Å². The van der Waals surface area contributed by atoms with Gasteiger partial charge < -0.3 is 5.11 Å². The molecule has 0 unspecified atom stereocenters. The van der Waals surface area contributed by atoms with Crippen LogP contribution in [0, 0.1) is 0 Å². The Bertz CT molecular complexity index is 121. The molecule has 0 amide bonds. The van der Waals surface area contributed by atoms with Crippen molar-refractivity contribution in [2.24, 2.45) is 0 Å². The molecule has 3 heteroatoms. The summed E-state index contributed by atoms with van der Waals surface area (Å²) in [5.41, 5.74) is 0. The Balaban J connectivity index is 2.37. The maximum absolute atomic E-state index is 12.0. The maximum atomic E-state index is 12.0. The number of β-amino-alcohol motifs (C(OH)–C–C–N with tert-alkyl or cyclic N) is 1. The van der Waals surface area contributed by atoms with E-state index in [9.17, 15) is 9.50 Å². The first kappa shape index (κ1) is 8.94. The smallest absolute Gasteiger partial charge is 0.102 e. The average Bonchev–Trinajstić information content (AvgIpc) is 2.32. The zero-order valence-corrected chi connectivity index (χ0v) is 6.96. The molecule has 0 radical (unpaired) electrons. The molecule has 2 nitrogen and oxygen atoms in total. The van der Waals surface area contributed by atoms with E-state index in [2.05, 4.69) is 6.92 Å². The standard InChI is InChI=1S/C8H16FNO/c1-2-7-5-8(11)6-10(7)4-3-9/h7-8,11H,2-6H2,1H3/t7-,8-/m0/s1. The predicted molar refractivity (Wildman–Crippen MR) is 42.3 cm³/mol. The Kier molecular flexibility index (Phi) is 3.27. The van der Waals surface area contributed by atoms with E-state index in [-0.39, 0.29) is 12.8 Å². The van der Waals surface area contributed by atoms with Gasteiger partial charge in [0, 0.05) is 19.1 Å². The van der Waals surface area contributed by atoms with Crippen LogP contribution in [0.25, 0.3) is 0 Å². The maximum Gasteiger partial charge on any atom is 0.102 e. The molecular formula is C8H16FNO. The average molecular weight is 161 g/mol. The molecule has 0 aromatic carbocycles. The Morgan fingerprint density at radius 1 is 1.64 bits per heavy atom. The van der Waals surface area contributed by atoms with Gasteiger partial charge in [0.05, 0.1) is 6.10 Å². The number of alkyl halides is 1. The molecule has 0 aromatic rings. The van der Waals surface area contributed by atoms with Gasteiger partial charge in [-0.2, -0.15) is 0 Å². The van der Waals surface area contributed by atoms with Gasteiger partial charge in [0.1, 0.15) is 6.67 Å². The van der Waals surface area contributed by atoms with Gasteiger partial charge in [-0.15, -0.1) is 0 Å². The van der Waals surface area contributed by atoms with Crippen LogP contribution in [-0.2, 0) is 0 Å². The van der Waals surface area contributed by atoms with Gasteiger partial charge in [0.15, 0.2) is 0 Å². The summed E-state index contributed by atoms with van der Waals surface area (Å²) in [4.78, 5) is 2.03. The van der Waals surface area contributed by atoms with Crippen LogP contribution in [0.4, 0.5) is 4.39 Å². The number of halogens is 1. The molecule has 0 bridgehead atoms. The molecule has 1 aliphatic rings. The minimum atomic E-state index is -0.302. The second kappa shape index (κ2) is 4.02. The molecule has 1 heterocycles. The van der Waals surface area contributed by atoms with Crippen molar-refractivity contribution in [3.8, 4) is 0 Å². The normalized spacial score (nSPS) is 33.0. The summed E-state index contributed by atoms with van der Waals surface area (Å²) in [6.07, 6.45) is 1.60. The number of nitrogens with zero attached hydrogens (tertiary/aromatic N) is 1. The van der Waals surface area contributed by atoms with Crippen LogP contribution in [-0.4, -0.2) is 41.9 Å². The highest BCUT2D eigenvalue weighted by molar-refractivity contribution is 4.83. The zero-order chi connectivity index (χ0) is 8.27. The van der Waals surface area contributed by atoms with Crippen molar-refractivity contribution < 1.29 is 9.50 Å². The van der Waals surface area contributed by atoms with Crippen molar-refractivity contribution in [1.82, 2.24) is 4.90 Å². The lowest BCUT2D eigenvalue weighted by Crippen LogP contribution is -2.31. The van der Waals surface area contributed by atoms with E-state index >= 15 is 0 Å². The second-order valence-electron chi connectivity index (χ2n) is 3.14. The molecular weight excluding hydrogens is 145 g/mol. The number of aliphatic hydroxyl groups is 1. The van der Waals surface area contributed by atoms with Gasteiger partial charge >= 0.3 is 0 Å². The number of aliphatic hydroxyl groups excluding tert-OH is 1. The first-order chi connectivity index (χ1) is 5.27. The highest BCUT2D eigenvalue weighted by Crippen LogP contribution is 2.19. The third-order valence-corrected chi connectivity index (χ3v) is 2.35. The zero-order valence-electron chi connectivity index (χ0n) is 6.96. The molecule has 1 fully saturated rings. The fourth-order valence-electron chi connectivity index (χ4n) is 1.76. The first-order valence-corrected chi connectivity index (χ1v) is 4.26. The molecule has 11 heavy (non-hydrogen) atoms. The molecule has 1 rings (SSSR count). The number of likely N-dealkylation sites (tertiary alicyclic amines) is 1. The lowest BCUT2D eigenvalue weighted by Gasteiger charge is -2.20. The van der Waals surface area contributed by atoms with E-state index in [1.54, 1.807) is 0 Å². The van der Waals surface area contributed by atoms with Crippen molar-refractivity contribution >= 4 is 0 Å². The largest absolute Gasteiger partial charge is 0.392 e. The van der Waals surface area contributed by atoms with Crippen LogP contribution in [0.1, 0.15) is 19.8 Å². The third-order valence-electron chi connectivity index (χ3n) is 2.35. The molecule has 2 atom stereocenters. The summed E-state index contributed by atoms with van der Waals surface area (Å²) in [6.45, 7) is 2.91. The minimum absolute atomic E-state index is 0.230. The molecule has 0 spiro atoms. The second-order valence-corrected chi connectivity index (χ2v) is 3.14. The minimum Gasteiger partial charge on any atom is -0.392 e. The molecule has 66 valence electrons. The molecule has 1 N–H and O–H groups in total. The van der Waals surface area contributed by atoms with E-state index < -0.39 is 0 Å². The Morgan fingerprint density at radius 3 is 2.91 bits per heavy atom. The Morgan fingerprint density at radius 2 is 2.36 bits per heavy atom. The molecule has 1 aliphatic heterocycles. The number of hydrogen-bond donors (Lipinski definition) is 1. The molecule has 1 saturated heterocycles. The Hall–Kier alpha value is -0.150. The summed E-state index contributed by atoms with van der Waals surface area (Å²) in [5.74, 6) is 0. The van der Waals surface area contributed by atoms with E-state index in [0.29, 0.717) is 19.1 Å². The SMILES string of the molecule is CC[C@H]1C[C@H](O)CN1CCF. The van der Waals surface area contributed by atoms with Crippen LogP contribution in [0.5, 0.6) is 0 Å². The monoisotopic (exact) mass is 161 g/mol. The molecule has 0 aliphatic carbocycles. The van der Waals surface area contributed by atoms with Crippen molar-refractivity contribution in [2.75, 3.05) is 19.8 Å². The Labute approximate surface area is 67.0 Å². The van der Waals surface area contributed by atoms with Gasteiger partial charge in [-0.1, -0.05) is 6.92 Å². The van der Waals surface area contributed by atoms with Gasteiger partial charge in [-0.25, -0.2) is 4.39 Å². The number of hydrogen-bond acceptors (Lipinski definition) is 2. The topological polar surface area (TPSA) is 23.5 Å². The van der Waals surface area contributed by atoms with Gasteiger partial charge in [-0.3, -0.25) is 4.90 Å². The molecule has 0 aromatic heterocycles. The summed E-state index contributed by atoms with van der Waals surface area (Å²) in [7, 11) is 0. The fourth-order valence-corrected chi connectivity index (χ4v) is 1.76. The highest BCUT2D eigenvalue weighted by Gasteiger charge is 2.28. The van der Waals surface area contributed by atoms with E-state index in [1.165, 1.54) is 0 Å². The van der Waals surface area contributed by atoms with Gasteiger partial charge in [-0.05, 0) is 12.8 Å².